The fraction of sp³-hybridized carbons (Fsp3) is 0.120. The van der Waals surface area contributed by atoms with E-state index in [1.807, 2.05) is 29.6 Å². The number of hydrogen-bond donors (Lipinski definition) is 0. The highest BCUT2D eigenvalue weighted by Crippen LogP contribution is 2.58. The van der Waals surface area contributed by atoms with Crippen molar-refractivity contribution in [2.24, 2.45) is 0 Å². The molecule has 0 saturated heterocycles. The van der Waals surface area contributed by atoms with E-state index >= 15 is 0 Å². The molecule has 4 aromatic rings. The number of fused-ring (bicyclic) bond motifs is 8. The van der Waals surface area contributed by atoms with Crippen molar-refractivity contribution in [3.05, 3.63) is 94.5 Å². The topological polar surface area (TPSA) is 0 Å². The summed E-state index contributed by atoms with van der Waals surface area (Å²) < 4.78 is 0. The van der Waals surface area contributed by atoms with Crippen LogP contribution in [0, 0.1) is 0 Å². The molecule has 0 fully saturated rings. The standard InChI is InChI=1S/C25H17ClS2/c26-16-10-11-19-20(14-16)22-21(15-6-2-1-3-7-15)17-8-4-5-9-18(17)23(22)25-24(19)27-12-13-28-25/h1-11,14,21H,12-13H2. The molecule has 2 aliphatic rings. The molecule has 28 heavy (non-hydrogen) atoms. The van der Waals surface area contributed by atoms with Crippen LogP contribution in [-0.2, 0) is 0 Å². The van der Waals surface area contributed by atoms with Gasteiger partial charge in [-0.15, -0.1) is 23.5 Å². The van der Waals surface area contributed by atoms with Crippen LogP contribution >= 0.6 is 35.1 Å². The lowest BCUT2D eigenvalue weighted by molar-refractivity contribution is 1.02. The van der Waals surface area contributed by atoms with E-state index in [2.05, 4.69) is 66.7 Å². The van der Waals surface area contributed by atoms with Crippen molar-refractivity contribution in [1.29, 1.82) is 0 Å². The predicted octanol–water partition coefficient (Wildman–Crippen LogP) is 7.85. The molecule has 0 nitrogen and oxygen atoms in total. The lowest BCUT2D eigenvalue weighted by atomic mass is 9.87. The van der Waals surface area contributed by atoms with Gasteiger partial charge in [0.2, 0.25) is 0 Å². The molecule has 6 rings (SSSR count). The van der Waals surface area contributed by atoms with Crippen molar-refractivity contribution in [3.63, 3.8) is 0 Å². The number of thioether (sulfide) groups is 2. The average molecular weight is 417 g/mol. The van der Waals surface area contributed by atoms with Crippen LogP contribution in [0.4, 0.5) is 0 Å². The van der Waals surface area contributed by atoms with E-state index in [1.165, 1.54) is 54.1 Å². The summed E-state index contributed by atoms with van der Waals surface area (Å²) in [6.07, 6.45) is 0. The summed E-state index contributed by atoms with van der Waals surface area (Å²) >= 11 is 10.5. The minimum Gasteiger partial charge on any atom is -0.123 e. The van der Waals surface area contributed by atoms with Gasteiger partial charge in [-0.05, 0) is 45.2 Å². The second-order valence-electron chi connectivity index (χ2n) is 7.26. The van der Waals surface area contributed by atoms with Gasteiger partial charge in [-0.25, -0.2) is 0 Å². The third-order valence-electron chi connectivity index (χ3n) is 5.76. The Kier molecular flexibility index (Phi) is 4.01. The molecule has 0 amide bonds. The quantitative estimate of drug-likeness (QED) is 0.273. The Hall–Kier alpha value is -1.87. The van der Waals surface area contributed by atoms with E-state index in [9.17, 15) is 0 Å². The van der Waals surface area contributed by atoms with Crippen LogP contribution in [0.3, 0.4) is 0 Å². The average Bonchev–Trinajstić information content (AvgIpc) is 3.10. The van der Waals surface area contributed by atoms with Gasteiger partial charge in [0, 0.05) is 37.8 Å². The Morgan fingerprint density at radius 3 is 2.36 bits per heavy atom. The van der Waals surface area contributed by atoms with Crippen molar-refractivity contribution < 1.29 is 0 Å². The maximum Gasteiger partial charge on any atom is 0.0412 e. The first kappa shape index (κ1) is 17.0. The summed E-state index contributed by atoms with van der Waals surface area (Å²) in [5.74, 6) is 2.59. The van der Waals surface area contributed by atoms with Crippen molar-refractivity contribution in [3.8, 4) is 11.1 Å². The SMILES string of the molecule is Clc1ccc2c3c(c4c(c2c1)C(c1ccccc1)c1ccccc1-4)SCCS3. The van der Waals surface area contributed by atoms with Gasteiger partial charge in [-0.1, -0.05) is 72.3 Å². The summed E-state index contributed by atoms with van der Waals surface area (Å²) in [5, 5.41) is 3.47. The zero-order chi connectivity index (χ0) is 18.7. The number of halogens is 1. The smallest absolute Gasteiger partial charge is 0.0412 e. The van der Waals surface area contributed by atoms with Gasteiger partial charge in [0.25, 0.3) is 0 Å². The van der Waals surface area contributed by atoms with Crippen LogP contribution in [0.1, 0.15) is 22.6 Å². The highest BCUT2D eigenvalue weighted by Gasteiger charge is 2.35. The molecule has 0 saturated carbocycles. The maximum atomic E-state index is 6.50. The Bertz CT molecular complexity index is 1230. The molecule has 4 aromatic carbocycles. The van der Waals surface area contributed by atoms with Crippen molar-refractivity contribution in [1.82, 2.24) is 0 Å². The van der Waals surface area contributed by atoms with Crippen molar-refractivity contribution in [2.75, 3.05) is 11.5 Å². The van der Waals surface area contributed by atoms with Gasteiger partial charge in [-0.2, -0.15) is 0 Å². The van der Waals surface area contributed by atoms with Crippen LogP contribution in [0.15, 0.2) is 82.6 Å². The molecule has 0 aromatic heterocycles. The highest BCUT2D eigenvalue weighted by atomic mass is 35.5. The van der Waals surface area contributed by atoms with E-state index < -0.39 is 0 Å². The van der Waals surface area contributed by atoms with Crippen molar-refractivity contribution >= 4 is 45.9 Å². The molecule has 1 aliphatic carbocycles. The molecule has 0 bridgehead atoms. The molecule has 1 heterocycles. The minimum absolute atomic E-state index is 0.256. The zero-order valence-electron chi connectivity index (χ0n) is 15.1. The molecular weight excluding hydrogens is 400 g/mol. The predicted molar refractivity (Wildman–Crippen MR) is 123 cm³/mol. The molecule has 1 atom stereocenters. The van der Waals surface area contributed by atoms with Gasteiger partial charge in [0.1, 0.15) is 0 Å². The van der Waals surface area contributed by atoms with E-state index in [0.29, 0.717) is 0 Å². The summed E-state index contributed by atoms with van der Waals surface area (Å²) in [4.78, 5) is 2.90. The molecule has 0 spiro atoms. The molecule has 0 radical (unpaired) electrons. The van der Waals surface area contributed by atoms with E-state index in [-0.39, 0.29) is 5.92 Å². The van der Waals surface area contributed by atoms with E-state index in [0.717, 1.165) is 10.8 Å². The Labute approximate surface area is 178 Å². The first-order valence-electron chi connectivity index (χ1n) is 9.52. The van der Waals surface area contributed by atoms with E-state index in [1.54, 1.807) is 0 Å². The second-order valence-corrected chi connectivity index (χ2v) is 9.91. The molecule has 136 valence electrons. The summed E-state index contributed by atoms with van der Waals surface area (Å²) in [6.45, 7) is 0. The van der Waals surface area contributed by atoms with Gasteiger partial charge in [0.15, 0.2) is 0 Å². The zero-order valence-corrected chi connectivity index (χ0v) is 17.5. The third-order valence-corrected chi connectivity index (χ3v) is 8.61. The molecule has 1 aliphatic heterocycles. The second kappa shape index (κ2) is 6.59. The molecule has 3 heteroatoms. The van der Waals surface area contributed by atoms with Gasteiger partial charge in [0.05, 0.1) is 0 Å². The van der Waals surface area contributed by atoms with Crippen LogP contribution in [0.25, 0.3) is 21.9 Å². The summed E-state index contributed by atoms with van der Waals surface area (Å²) in [5.41, 5.74) is 7.02. The third kappa shape index (κ3) is 2.41. The molecular formula is C25H17ClS2. The minimum atomic E-state index is 0.256. The van der Waals surface area contributed by atoms with Gasteiger partial charge < -0.3 is 0 Å². The van der Waals surface area contributed by atoms with Crippen LogP contribution in [0.2, 0.25) is 5.02 Å². The maximum absolute atomic E-state index is 6.50. The van der Waals surface area contributed by atoms with Crippen molar-refractivity contribution in [2.45, 2.75) is 15.7 Å². The fourth-order valence-corrected chi connectivity index (χ4v) is 7.46. The number of benzene rings is 4. The van der Waals surface area contributed by atoms with Crippen LogP contribution < -0.4 is 0 Å². The molecule has 1 unspecified atom stereocenters. The Morgan fingerprint density at radius 1 is 0.750 bits per heavy atom. The summed E-state index contributed by atoms with van der Waals surface area (Å²) in [7, 11) is 0. The lowest BCUT2D eigenvalue weighted by Crippen LogP contribution is -2.03. The van der Waals surface area contributed by atoms with Gasteiger partial charge in [-0.3, -0.25) is 0 Å². The summed E-state index contributed by atoms with van der Waals surface area (Å²) in [6, 6.07) is 26.3. The monoisotopic (exact) mass is 416 g/mol. The largest absolute Gasteiger partial charge is 0.123 e. The normalized spacial score (nSPS) is 17.2. The lowest BCUT2D eigenvalue weighted by Gasteiger charge is -2.24. The Morgan fingerprint density at radius 2 is 1.50 bits per heavy atom. The van der Waals surface area contributed by atoms with Gasteiger partial charge >= 0.3 is 0 Å². The Balaban J connectivity index is 1.80. The fourth-order valence-electron chi connectivity index (χ4n) is 4.69. The highest BCUT2D eigenvalue weighted by molar-refractivity contribution is 8.05. The number of rotatable bonds is 1. The van der Waals surface area contributed by atoms with Crippen LogP contribution in [0.5, 0.6) is 0 Å². The molecule has 0 N–H and O–H groups in total. The first-order valence-corrected chi connectivity index (χ1v) is 11.9. The first-order chi connectivity index (χ1) is 13.8. The van der Waals surface area contributed by atoms with Crippen LogP contribution in [-0.4, -0.2) is 11.5 Å². The number of hydrogen-bond acceptors (Lipinski definition) is 2. The van der Waals surface area contributed by atoms with E-state index in [4.69, 9.17) is 11.6 Å².